The van der Waals surface area contributed by atoms with Crippen molar-refractivity contribution in [2.45, 2.75) is 6.42 Å². The first kappa shape index (κ1) is 14.8. The van der Waals surface area contributed by atoms with E-state index in [1.54, 1.807) is 0 Å². The van der Waals surface area contributed by atoms with E-state index >= 15 is 0 Å². The molecule has 96 valence electrons. The van der Waals surface area contributed by atoms with Crippen molar-refractivity contribution in [2.24, 2.45) is 0 Å². The number of Topliss-reactive ketones (excluding diaryl/α,β-unsaturated/α-hetero) is 2. The molecule has 0 fully saturated rings. The van der Waals surface area contributed by atoms with Crippen LogP contribution in [0, 0.1) is 5.82 Å². The lowest BCUT2D eigenvalue weighted by atomic mass is 10.1. The molecule has 0 radical (unpaired) electrons. The Labute approximate surface area is 117 Å². The van der Waals surface area contributed by atoms with Gasteiger partial charge in [0.2, 0.25) is 5.78 Å². The third-order valence-corrected chi connectivity index (χ3v) is 3.32. The average Bonchev–Trinajstić information content (AvgIpc) is 2.30. The van der Waals surface area contributed by atoms with Crippen LogP contribution in [0.25, 0.3) is 0 Å². The Balaban J connectivity index is 3.15. The van der Waals surface area contributed by atoms with Crippen LogP contribution in [0.3, 0.4) is 0 Å². The maximum absolute atomic E-state index is 13.6. The van der Waals surface area contributed by atoms with E-state index in [1.165, 1.54) is 0 Å². The van der Waals surface area contributed by atoms with E-state index in [-0.39, 0.29) is 8.95 Å². The van der Waals surface area contributed by atoms with Gasteiger partial charge in [-0.25, -0.2) is 9.18 Å². The first-order valence-electron chi connectivity index (χ1n) is 4.41. The minimum absolute atomic E-state index is 0.0434. The Hall–Kier alpha value is -1.28. The number of rotatable bonds is 4. The van der Waals surface area contributed by atoms with Crippen LogP contribution in [0.15, 0.2) is 15.0 Å². The van der Waals surface area contributed by atoms with Crippen LogP contribution < -0.4 is 0 Å². The zero-order chi connectivity index (χ0) is 14.0. The number of phenolic OH excluding ortho intramolecular Hbond substituents is 1. The first-order chi connectivity index (χ1) is 8.25. The van der Waals surface area contributed by atoms with Gasteiger partial charge in [0.1, 0.15) is 5.75 Å². The van der Waals surface area contributed by atoms with E-state index < -0.39 is 41.1 Å². The van der Waals surface area contributed by atoms with Crippen LogP contribution >= 0.6 is 31.9 Å². The van der Waals surface area contributed by atoms with Gasteiger partial charge in [0.05, 0.1) is 20.9 Å². The SMILES string of the molecule is O=C(O)C(=O)CC(=O)c1cc(Br)c(O)c(Br)c1F. The van der Waals surface area contributed by atoms with Gasteiger partial charge in [-0.3, -0.25) is 9.59 Å². The quantitative estimate of drug-likeness (QED) is 0.360. The van der Waals surface area contributed by atoms with Crippen LogP contribution in [0.5, 0.6) is 5.75 Å². The fourth-order valence-electron chi connectivity index (χ4n) is 1.11. The summed E-state index contributed by atoms with van der Waals surface area (Å²) in [5.74, 6) is -5.57. The number of aliphatic carboxylic acids is 1. The molecule has 5 nitrogen and oxygen atoms in total. The topological polar surface area (TPSA) is 91.7 Å². The van der Waals surface area contributed by atoms with Crippen molar-refractivity contribution in [3.05, 3.63) is 26.4 Å². The average molecular weight is 384 g/mol. The molecule has 1 aromatic carbocycles. The third-order valence-electron chi connectivity index (χ3n) is 1.99. The lowest BCUT2D eigenvalue weighted by molar-refractivity contribution is -0.148. The summed E-state index contributed by atoms with van der Waals surface area (Å²) >= 11 is 5.63. The summed E-state index contributed by atoms with van der Waals surface area (Å²) in [6.07, 6.45) is -0.949. The summed E-state index contributed by atoms with van der Waals surface area (Å²) in [6.45, 7) is 0. The van der Waals surface area contributed by atoms with Crippen LogP contribution in [-0.2, 0) is 9.59 Å². The predicted octanol–water partition coefficient (Wildman–Crippen LogP) is 2.28. The van der Waals surface area contributed by atoms with Crippen molar-refractivity contribution in [1.82, 2.24) is 0 Å². The smallest absolute Gasteiger partial charge is 0.372 e. The maximum atomic E-state index is 13.6. The van der Waals surface area contributed by atoms with E-state index in [0.717, 1.165) is 6.07 Å². The summed E-state index contributed by atoms with van der Waals surface area (Å²) in [4.78, 5) is 32.7. The van der Waals surface area contributed by atoms with E-state index in [9.17, 15) is 23.9 Å². The Kier molecular flexibility index (Phi) is 4.58. The van der Waals surface area contributed by atoms with Crippen LogP contribution in [0.1, 0.15) is 16.8 Å². The Bertz CT molecular complexity index is 556. The second kappa shape index (κ2) is 5.57. The number of aromatic hydroxyl groups is 1. The molecule has 0 aromatic heterocycles. The number of carbonyl (C=O) groups excluding carboxylic acids is 2. The van der Waals surface area contributed by atoms with Crippen molar-refractivity contribution in [3.63, 3.8) is 0 Å². The van der Waals surface area contributed by atoms with E-state index in [1.807, 2.05) is 0 Å². The molecule has 2 N–H and O–H groups in total. The normalized spacial score (nSPS) is 10.2. The standard InChI is InChI=1S/C10H5Br2FO5/c11-4-1-3(8(13)7(12)9(4)16)5(14)2-6(15)10(17)18/h1,16H,2H2,(H,17,18). The molecule has 0 spiro atoms. The van der Waals surface area contributed by atoms with Gasteiger partial charge >= 0.3 is 5.97 Å². The number of halogens is 3. The highest BCUT2D eigenvalue weighted by Gasteiger charge is 2.23. The molecule has 1 aromatic rings. The highest BCUT2D eigenvalue weighted by Crippen LogP contribution is 2.36. The van der Waals surface area contributed by atoms with Gasteiger partial charge < -0.3 is 10.2 Å². The van der Waals surface area contributed by atoms with Gasteiger partial charge in [-0.05, 0) is 37.9 Å². The van der Waals surface area contributed by atoms with Gasteiger partial charge in [-0.2, -0.15) is 0 Å². The molecule has 0 saturated carbocycles. The highest BCUT2D eigenvalue weighted by molar-refractivity contribution is 9.11. The number of ketones is 2. The second-order valence-electron chi connectivity index (χ2n) is 3.21. The van der Waals surface area contributed by atoms with Crippen molar-refractivity contribution >= 4 is 49.4 Å². The largest absolute Gasteiger partial charge is 0.505 e. The summed E-state index contributed by atoms with van der Waals surface area (Å²) in [6, 6.07) is 0.979. The molecule has 0 unspecified atom stereocenters. The number of phenols is 1. The zero-order valence-electron chi connectivity index (χ0n) is 8.54. The lowest BCUT2D eigenvalue weighted by Gasteiger charge is -2.06. The predicted molar refractivity (Wildman–Crippen MR) is 65.1 cm³/mol. The van der Waals surface area contributed by atoms with E-state index in [0.29, 0.717) is 0 Å². The van der Waals surface area contributed by atoms with Gasteiger partial charge in [0.25, 0.3) is 0 Å². The minimum Gasteiger partial charge on any atom is -0.505 e. The summed E-state index contributed by atoms with van der Waals surface area (Å²) in [7, 11) is 0. The number of hydrogen-bond acceptors (Lipinski definition) is 4. The molecule has 0 aliphatic rings. The molecule has 0 atom stereocenters. The van der Waals surface area contributed by atoms with Crippen molar-refractivity contribution in [2.75, 3.05) is 0 Å². The fourth-order valence-corrected chi connectivity index (χ4v) is 2.23. The summed E-state index contributed by atoms with van der Waals surface area (Å²) < 4.78 is 13.3. The summed E-state index contributed by atoms with van der Waals surface area (Å²) in [5, 5.41) is 17.7. The van der Waals surface area contributed by atoms with Gasteiger partial charge in [0, 0.05) is 0 Å². The molecule has 0 aliphatic heterocycles. The number of benzene rings is 1. The van der Waals surface area contributed by atoms with Crippen LogP contribution in [0.4, 0.5) is 4.39 Å². The molecule has 1 rings (SSSR count). The number of carbonyl (C=O) groups is 3. The van der Waals surface area contributed by atoms with Gasteiger partial charge in [0.15, 0.2) is 11.6 Å². The molecular weight excluding hydrogens is 379 g/mol. The second-order valence-corrected chi connectivity index (χ2v) is 4.86. The van der Waals surface area contributed by atoms with Crippen LogP contribution in [0.2, 0.25) is 0 Å². The van der Waals surface area contributed by atoms with Crippen molar-refractivity contribution in [3.8, 4) is 5.75 Å². The minimum atomic E-state index is -1.76. The molecule has 0 saturated heterocycles. The van der Waals surface area contributed by atoms with Crippen molar-refractivity contribution in [1.29, 1.82) is 0 Å². The number of carboxylic acids is 1. The molecule has 8 heteroatoms. The third kappa shape index (κ3) is 2.94. The highest BCUT2D eigenvalue weighted by atomic mass is 79.9. The molecule has 0 aliphatic carbocycles. The Morgan fingerprint density at radius 3 is 2.33 bits per heavy atom. The molecule has 0 bridgehead atoms. The Morgan fingerprint density at radius 1 is 1.28 bits per heavy atom. The molecule has 0 heterocycles. The lowest BCUT2D eigenvalue weighted by Crippen LogP contribution is -2.18. The monoisotopic (exact) mass is 382 g/mol. The number of carboxylic acid groups (broad SMARTS) is 1. The zero-order valence-corrected chi connectivity index (χ0v) is 11.7. The van der Waals surface area contributed by atoms with E-state index in [4.69, 9.17) is 5.11 Å². The van der Waals surface area contributed by atoms with Gasteiger partial charge in [-0.1, -0.05) is 0 Å². The van der Waals surface area contributed by atoms with E-state index in [2.05, 4.69) is 31.9 Å². The van der Waals surface area contributed by atoms with Gasteiger partial charge in [-0.15, -0.1) is 0 Å². The maximum Gasteiger partial charge on any atom is 0.372 e. The first-order valence-corrected chi connectivity index (χ1v) is 6.00. The molecule has 0 amide bonds. The molecular formula is C10H5Br2FO5. The molecule has 18 heavy (non-hydrogen) atoms. The Morgan fingerprint density at radius 2 is 1.83 bits per heavy atom. The number of hydrogen-bond donors (Lipinski definition) is 2. The van der Waals surface area contributed by atoms with Crippen molar-refractivity contribution < 1.29 is 29.0 Å². The fraction of sp³-hybridized carbons (Fsp3) is 0.100. The summed E-state index contributed by atoms with van der Waals surface area (Å²) in [5.41, 5.74) is -0.485. The van der Waals surface area contributed by atoms with Crippen LogP contribution in [-0.4, -0.2) is 27.7 Å².